The van der Waals surface area contributed by atoms with Crippen LogP contribution in [0.25, 0.3) is 0 Å². The SMILES string of the molecule is CN1CC(C)(I)C2(CCO2)C1. The van der Waals surface area contributed by atoms with E-state index in [4.69, 9.17) is 4.74 Å². The molecule has 2 heterocycles. The highest BCUT2D eigenvalue weighted by molar-refractivity contribution is 14.1. The highest BCUT2D eigenvalue weighted by Gasteiger charge is 2.57. The van der Waals surface area contributed by atoms with Gasteiger partial charge in [0.2, 0.25) is 0 Å². The number of hydrogen-bond donors (Lipinski definition) is 0. The van der Waals surface area contributed by atoms with Crippen molar-refractivity contribution in [2.45, 2.75) is 22.4 Å². The standard InChI is InChI=1S/C8H14INO/c1-7(9)5-10(2)6-8(7)3-4-11-8/h3-6H2,1-2H3. The zero-order valence-corrected chi connectivity index (χ0v) is 9.22. The molecule has 0 bridgehead atoms. The molecule has 2 nitrogen and oxygen atoms in total. The molecule has 2 aliphatic rings. The monoisotopic (exact) mass is 267 g/mol. The first-order chi connectivity index (χ1) is 5.06. The minimum Gasteiger partial charge on any atom is -0.372 e. The first-order valence-electron chi connectivity index (χ1n) is 4.07. The van der Waals surface area contributed by atoms with Gasteiger partial charge in [-0.3, -0.25) is 0 Å². The normalized spacial score (nSPS) is 51.5. The van der Waals surface area contributed by atoms with Gasteiger partial charge in [0.15, 0.2) is 0 Å². The quantitative estimate of drug-likeness (QED) is 0.484. The summed E-state index contributed by atoms with van der Waals surface area (Å²) in [4.78, 5) is 2.37. The smallest absolute Gasteiger partial charge is 0.0984 e. The van der Waals surface area contributed by atoms with Crippen LogP contribution in [0.15, 0.2) is 0 Å². The van der Waals surface area contributed by atoms with E-state index in [2.05, 4.69) is 41.5 Å². The second-order valence-electron chi connectivity index (χ2n) is 3.96. The fourth-order valence-electron chi connectivity index (χ4n) is 2.19. The molecule has 2 fully saturated rings. The molecule has 64 valence electrons. The predicted octanol–water partition coefficient (Wildman–Crippen LogP) is 1.28. The molecule has 0 aliphatic carbocycles. The lowest BCUT2D eigenvalue weighted by molar-refractivity contribution is -0.145. The summed E-state index contributed by atoms with van der Waals surface area (Å²) in [5, 5.41) is 0. The van der Waals surface area contributed by atoms with Gasteiger partial charge in [-0.1, -0.05) is 22.6 Å². The van der Waals surface area contributed by atoms with Crippen LogP contribution in [0.3, 0.4) is 0 Å². The highest BCUT2D eigenvalue weighted by atomic mass is 127. The molecule has 0 aromatic carbocycles. The zero-order chi connectivity index (χ0) is 8.11. The van der Waals surface area contributed by atoms with Crippen LogP contribution in [0.4, 0.5) is 0 Å². The van der Waals surface area contributed by atoms with Crippen LogP contribution in [0.5, 0.6) is 0 Å². The van der Waals surface area contributed by atoms with Crippen molar-refractivity contribution in [3.05, 3.63) is 0 Å². The summed E-state index contributed by atoms with van der Waals surface area (Å²) in [5.74, 6) is 0. The molecular formula is C8H14INO. The number of nitrogens with zero attached hydrogens (tertiary/aromatic N) is 1. The Balaban J connectivity index is 2.20. The lowest BCUT2D eigenvalue weighted by Gasteiger charge is -2.46. The average Bonchev–Trinajstić information content (AvgIpc) is 1.98. The lowest BCUT2D eigenvalue weighted by Crippen LogP contribution is -2.56. The third kappa shape index (κ3) is 1.04. The first-order valence-corrected chi connectivity index (χ1v) is 5.15. The number of rotatable bonds is 0. The number of alkyl halides is 1. The Hall–Kier alpha value is 0.650. The molecule has 0 amide bonds. The fraction of sp³-hybridized carbons (Fsp3) is 1.00. The van der Waals surface area contributed by atoms with Gasteiger partial charge in [-0.25, -0.2) is 0 Å². The van der Waals surface area contributed by atoms with E-state index in [9.17, 15) is 0 Å². The molecule has 0 saturated carbocycles. The van der Waals surface area contributed by atoms with Crippen LogP contribution < -0.4 is 0 Å². The number of ether oxygens (including phenoxy) is 1. The molecule has 2 atom stereocenters. The number of halogens is 1. The molecule has 1 spiro atoms. The predicted molar refractivity (Wildman–Crippen MR) is 53.2 cm³/mol. The highest BCUT2D eigenvalue weighted by Crippen LogP contribution is 2.47. The molecule has 2 unspecified atom stereocenters. The second kappa shape index (κ2) is 2.33. The first kappa shape index (κ1) is 8.26. The van der Waals surface area contributed by atoms with Crippen molar-refractivity contribution in [2.24, 2.45) is 0 Å². The van der Waals surface area contributed by atoms with Crippen LogP contribution in [0, 0.1) is 0 Å². The molecule has 0 aromatic rings. The number of hydrogen-bond acceptors (Lipinski definition) is 2. The van der Waals surface area contributed by atoms with Crippen LogP contribution in [-0.4, -0.2) is 40.7 Å². The van der Waals surface area contributed by atoms with Gasteiger partial charge in [-0.05, 0) is 14.0 Å². The van der Waals surface area contributed by atoms with Crippen molar-refractivity contribution >= 4 is 22.6 Å². The fourth-order valence-corrected chi connectivity index (χ4v) is 3.37. The van der Waals surface area contributed by atoms with Gasteiger partial charge >= 0.3 is 0 Å². The van der Waals surface area contributed by atoms with E-state index < -0.39 is 0 Å². The van der Waals surface area contributed by atoms with Crippen LogP contribution in [0.1, 0.15) is 13.3 Å². The maximum Gasteiger partial charge on any atom is 0.0984 e. The van der Waals surface area contributed by atoms with Crippen molar-refractivity contribution in [1.29, 1.82) is 0 Å². The largest absolute Gasteiger partial charge is 0.372 e. The van der Waals surface area contributed by atoms with E-state index in [0.29, 0.717) is 3.42 Å². The zero-order valence-electron chi connectivity index (χ0n) is 7.06. The van der Waals surface area contributed by atoms with E-state index in [0.717, 1.165) is 19.7 Å². The Morgan fingerprint density at radius 3 is 2.27 bits per heavy atom. The Bertz CT molecular complexity index is 177. The Morgan fingerprint density at radius 1 is 1.45 bits per heavy atom. The average molecular weight is 267 g/mol. The van der Waals surface area contributed by atoms with Gasteiger partial charge in [0, 0.05) is 19.5 Å². The molecule has 0 aromatic heterocycles. The van der Waals surface area contributed by atoms with Crippen molar-refractivity contribution in [3.8, 4) is 0 Å². The number of likely N-dealkylation sites (tertiary alicyclic amines) is 1. The van der Waals surface area contributed by atoms with E-state index in [1.54, 1.807) is 0 Å². The Labute approximate surface area is 81.4 Å². The second-order valence-corrected chi connectivity index (χ2v) is 6.34. The lowest BCUT2D eigenvalue weighted by atomic mass is 9.85. The van der Waals surface area contributed by atoms with E-state index in [-0.39, 0.29) is 5.60 Å². The van der Waals surface area contributed by atoms with Crippen LogP contribution in [0.2, 0.25) is 0 Å². The van der Waals surface area contributed by atoms with Gasteiger partial charge in [0.05, 0.1) is 15.6 Å². The number of likely N-dealkylation sites (N-methyl/N-ethyl adjacent to an activating group) is 1. The summed E-state index contributed by atoms with van der Waals surface area (Å²) in [5.41, 5.74) is 0.197. The van der Waals surface area contributed by atoms with Gasteiger partial charge < -0.3 is 9.64 Å². The summed E-state index contributed by atoms with van der Waals surface area (Å²) in [6.45, 7) is 5.54. The summed E-state index contributed by atoms with van der Waals surface area (Å²) in [7, 11) is 2.17. The molecule has 11 heavy (non-hydrogen) atoms. The van der Waals surface area contributed by atoms with Gasteiger partial charge in [0.25, 0.3) is 0 Å². The minimum absolute atomic E-state index is 0.197. The van der Waals surface area contributed by atoms with Crippen molar-refractivity contribution in [3.63, 3.8) is 0 Å². The van der Waals surface area contributed by atoms with E-state index in [1.165, 1.54) is 6.42 Å². The summed E-state index contributed by atoms with van der Waals surface area (Å²) in [6, 6.07) is 0. The minimum atomic E-state index is 0.197. The summed E-state index contributed by atoms with van der Waals surface area (Å²) in [6.07, 6.45) is 1.25. The summed E-state index contributed by atoms with van der Waals surface area (Å²) < 4.78 is 6.05. The van der Waals surface area contributed by atoms with Gasteiger partial charge in [-0.15, -0.1) is 0 Å². The summed E-state index contributed by atoms with van der Waals surface area (Å²) >= 11 is 2.54. The van der Waals surface area contributed by atoms with Crippen molar-refractivity contribution in [2.75, 3.05) is 26.7 Å². The molecule has 2 saturated heterocycles. The molecular weight excluding hydrogens is 253 g/mol. The molecule has 0 radical (unpaired) electrons. The van der Waals surface area contributed by atoms with Gasteiger partial charge in [0.1, 0.15) is 0 Å². The maximum atomic E-state index is 5.72. The third-order valence-electron chi connectivity index (χ3n) is 2.93. The third-order valence-corrected chi connectivity index (χ3v) is 4.25. The topological polar surface area (TPSA) is 12.5 Å². The van der Waals surface area contributed by atoms with Crippen molar-refractivity contribution in [1.82, 2.24) is 4.90 Å². The Morgan fingerprint density at radius 2 is 2.09 bits per heavy atom. The molecule has 3 heteroatoms. The molecule has 2 rings (SSSR count). The maximum absolute atomic E-state index is 5.72. The Kier molecular flexibility index (Phi) is 1.75. The van der Waals surface area contributed by atoms with Crippen molar-refractivity contribution < 1.29 is 4.74 Å². The van der Waals surface area contributed by atoms with E-state index in [1.807, 2.05) is 0 Å². The molecule has 2 aliphatic heterocycles. The molecule has 0 N–H and O–H groups in total. The van der Waals surface area contributed by atoms with Crippen LogP contribution >= 0.6 is 22.6 Å². The van der Waals surface area contributed by atoms with Gasteiger partial charge in [-0.2, -0.15) is 0 Å². The van der Waals surface area contributed by atoms with Crippen LogP contribution in [-0.2, 0) is 4.74 Å². The van der Waals surface area contributed by atoms with E-state index >= 15 is 0 Å².